The summed E-state index contributed by atoms with van der Waals surface area (Å²) in [5, 5.41) is 6.27. The average Bonchev–Trinajstić information content (AvgIpc) is 2.14. The third-order valence-corrected chi connectivity index (χ3v) is 2.94. The van der Waals surface area contributed by atoms with E-state index in [9.17, 15) is 8.42 Å². The van der Waals surface area contributed by atoms with Crippen molar-refractivity contribution in [2.75, 3.05) is 25.1 Å². The molecule has 0 radical (unpaired) electrons. The first-order valence-electron chi connectivity index (χ1n) is 5.61. The summed E-state index contributed by atoms with van der Waals surface area (Å²) in [6.07, 6.45) is 1.85. The fourth-order valence-electron chi connectivity index (χ4n) is 1.17. The molecule has 0 amide bonds. The molecule has 0 aromatic heterocycles. The zero-order valence-electron chi connectivity index (χ0n) is 10.6. The number of nitrogens with zero attached hydrogens (tertiary/aromatic N) is 1. The first kappa shape index (κ1) is 15.2. The highest BCUT2D eigenvalue weighted by Gasteiger charge is 2.08. The third kappa shape index (κ3) is 8.52. The van der Waals surface area contributed by atoms with Gasteiger partial charge in [-0.1, -0.05) is 0 Å². The lowest BCUT2D eigenvalue weighted by Gasteiger charge is -2.17. The number of rotatable bonds is 6. The number of aliphatic imine (C=N–C) groups is 1. The normalized spacial score (nSPS) is 14.6. The first-order valence-corrected chi connectivity index (χ1v) is 7.67. The van der Waals surface area contributed by atoms with E-state index in [0.29, 0.717) is 13.0 Å². The van der Waals surface area contributed by atoms with Crippen molar-refractivity contribution in [2.24, 2.45) is 4.99 Å². The minimum atomic E-state index is -2.88. The van der Waals surface area contributed by atoms with Gasteiger partial charge in [0.15, 0.2) is 5.96 Å². The predicted molar refractivity (Wildman–Crippen MR) is 68.6 cm³/mol. The Kier molecular flexibility index (Phi) is 7.12. The van der Waals surface area contributed by atoms with Gasteiger partial charge >= 0.3 is 0 Å². The highest BCUT2D eigenvalue weighted by Crippen LogP contribution is 1.95. The van der Waals surface area contributed by atoms with Crippen LogP contribution in [0.15, 0.2) is 4.99 Å². The largest absolute Gasteiger partial charge is 0.357 e. The molecule has 0 saturated heterocycles. The second-order valence-electron chi connectivity index (χ2n) is 3.82. The molecule has 0 aliphatic rings. The van der Waals surface area contributed by atoms with E-state index in [-0.39, 0.29) is 11.8 Å². The Morgan fingerprint density at radius 3 is 2.44 bits per heavy atom. The van der Waals surface area contributed by atoms with E-state index in [0.717, 1.165) is 12.5 Å². The van der Waals surface area contributed by atoms with Gasteiger partial charge in [-0.2, -0.15) is 0 Å². The van der Waals surface area contributed by atoms with E-state index < -0.39 is 9.84 Å². The van der Waals surface area contributed by atoms with Crippen molar-refractivity contribution in [1.29, 1.82) is 0 Å². The van der Waals surface area contributed by atoms with Gasteiger partial charge in [0, 0.05) is 25.4 Å². The fourth-order valence-corrected chi connectivity index (χ4v) is 1.96. The molecule has 1 atom stereocenters. The van der Waals surface area contributed by atoms with E-state index in [2.05, 4.69) is 15.6 Å². The van der Waals surface area contributed by atoms with Crippen molar-refractivity contribution in [3.8, 4) is 0 Å². The number of guanidine groups is 1. The Labute approximate surface area is 98.6 Å². The number of hydrogen-bond donors (Lipinski definition) is 2. The van der Waals surface area contributed by atoms with E-state index in [4.69, 9.17) is 0 Å². The molecule has 16 heavy (non-hydrogen) atoms. The van der Waals surface area contributed by atoms with Crippen LogP contribution in [0.25, 0.3) is 0 Å². The minimum absolute atomic E-state index is 0.0964. The van der Waals surface area contributed by atoms with Crippen LogP contribution in [0.2, 0.25) is 0 Å². The number of hydrogen-bond acceptors (Lipinski definition) is 3. The molecule has 5 nitrogen and oxygen atoms in total. The molecule has 0 aromatic rings. The molecule has 0 spiro atoms. The van der Waals surface area contributed by atoms with Crippen molar-refractivity contribution >= 4 is 15.8 Å². The summed E-state index contributed by atoms with van der Waals surface area (Å²) in [6.45, 7) is 7.40. The van der Waals surface area contributed by atoms with E-state index in [1.807, 2.05) is 20.8 Å². The van der Waals surface area contributed by atoms with Gasteiger partial charge in [-0.15, -0.1) is 0 Å². The molecule has 1 unspecified atom stereocenters. The lowest BCUT2D eigenvalue weighted by Crippen LogP contribution is -2.42. The first-order chi connectivity index (χ1) is 7.39. The standard InChI is InChI=1S/C10H23N3O2S/c1-5-11-10(12-6-2)13-9(3)7-8-16(4,14)15/h9H,5-8H2,1-4H3,(H2,11,12,13). The molecular weight excluding hydrogens is 226 g/mol. The van der Waals surface area contributed by atoms with Crippen LogP contribution < -0.4 is 10.6 Å². The minimum Gasteiger partial charge on any atom is -0.357 e. The summed E-state index contributed by atoms with van der Waals surface area (Å²) in [5.41, 5.74) is 0. The maximum atomic E-state index is 11.0. The molecule has 96 valence electrons. The lowest BCUT2D eigenvalue weighted by molar-refractivity contribution is 0.581. The van der Waals surface area contributed by atoms with Crippen molar-refractivity contribution in [3.63, 3.8) is 0 Å². The molecule has 0 saturated carbocycles. The fraction of sp³-hybridized carbons (Fsp3) is 0.900. The third-order valence-electron chi connectivity index (χ3n) is 1.97. The summed E-state index contributed by atoms with van der Waals surface area (Å²) in [5.74, 6) is 0.943. The zero-order valence-corrected chi connectivity index (χ0v) is 11.4. The van der Waals surface area contributed by atoms with Gasteiger partial charge in [-0.3, -0.25) is 4.99 Å². The quantitative estimate of drug-likeness (QED) is 0.527. The van der Waals surface area contributed by atoms with Crippen LogP contribution in [-0.4, -0.2) is 45.5 Å². The van der Waals surface area contributed by atoms with Crippen LogP contribution in [0.3, 0.4) is 0 Å². The SMILES string of the molecule is CCN=C(NCC)NC(C)CCS(C)(=O)=O. The van der Waals surface area contributed by atoms with Crippen molar-refractivity contribution in [3.05, 3.63) is 0 Å². The highest BCUT2D eigenvalue weighted by molar-refractivity contribution is 7.90. The topological polar surface area (TPSA) is 70.6 Å². The van der Waals surface area contributed by atoms with E-state index in [1.165, 1.54) is 6.26 Å². The molecule has 0 aliphatic heterocycles. The summed E-state index contributed by atoms with van der Waals surface area (Å²) >= 11 is 0. The van der Waals surface area contributed by atoms with E-state index >= 15 is 0 Å². The molecule has 0 heterocycles. The lowest BCUT2D eigenvalue weighted by atomic mass is 10.3. The van der Waals surface area contributed by atoms with Crippen LogP contribution in [-0.2, 0) is 9.84 Å². The molecule has 2 N–H and O–H groups in total. The zero-order chi connectivity index (χ0) is 12.6. The molecule has 6 heteroatoms. The van der Waals surface area contributed by atoms with Crippen LogP contribution in [0, 0.1) is 0 Å². The van der Waals surface area contributed by atoms with Gasteiger partial charge in [0.2, 0.25) is 0 Å². The maximum Gasteiger partial charge on any atom is 0.191 e. The molecule has 0 aliphatic carbocycles. The van der Waals surface area contributed by atoms with Gasteiger partial charge in [-0.05, 0) is 27.2 Å². The molecular formula is C10H23N3O2S. The molecule has 0 rings (SSSR count). The Morgan fingerprint density at radius 2 is 2.00 bits per heavy atom. The Hall–Kier alpha value is -0.780. The second-order valence-corrected chi connectivity index (χ2v) is 6.08. The van der Waals surface area contributed by atoms with Gasteiger partial charge in [0.1, 0.15) is 9.84 Å². The smallest absolute Gasteiger partial charge is 0.191 e. The summed E-state index contributed by atoms with van der Waals surface area (Å²) in [7, 11) is -2.88. The Balaban J connectivity index is 4.10. The van der Waals surface area contributed by atoms with Crippen molar-refractivity contribution in [2.45, 2.75) is 33.2 Å². The average molecular weight is 249 g/mol. The number of nitrogens with one attached hydrogen (secondary N) is 2. The van der Waals surface area contributed by atoms with E-state index in [1.54, 1.807) is 0 Å². The van der Waals surface area contributed by atoms with Gasteiger partial charge in [0.05, 0.1) is 5.75 Å². The Bertz CT molecular complexity index is 312. The van der Waals surface area contributed by atoms with Crippen LogP contribution >= 0.6 is 0 Å². The summed E-state index contributed by atoms with van der Waals surface area (Å²) in [6, 6.07) is 0.0964. The van der Waals surface area contributed by atoms with Crippen molar-refractivity contribution < 1.29 is 8.42 Å². The monoisotopic (exact) mass is 249 g/mol. The van der Waals surface area contributed by atoms with Gasteiger partial charge in [-0.25, -0.2) is 8.42 Å². The maximum absolute atomic E-state index is 11.0. The van der Waals surface area contributed by atoms with Gasteiger partial charge in [0.25, 0.3) is 0 Å². The molecule has 0 bridgehead atoms. The second kappa shape index (κ2) is 7.49. The van der Waals surface area contributed by atoms with Crippen LogP contribution in [0.4, 0.5) is 0 Å². The Morgan fingerprint density at radius 1 is 1.38 bits per heavy atom. The van der Waals surface area contributed by atoms with Crippen molar-refractivity contribution in [1.82, 2.24) is 10.6 Å². The van der Waals surface area contributed by atoms with Crippen LogP contribution in [0.1, 0.15) is 27.2 Å². The number of sulfone groups is 1. The summed E-state index contributed by atoms with van der Waals surface area (Å²) in [4.78, 5) is 4.24. The molecule has 0 fully saturated rings. The molecule has 0 aromatic carbocycles. The predicted octanol–water partition coefficient (Wildman–Crippen LogP) is 0.385. The van der Waals surface area contributed by atoms with Gasteiger partial charge < -0.3 is 10.6 Å². The van der Waals surface area contributed by atoms with Crippen LogP contribution in [0.5, 0.6) is 0 Å². The highest BCUT2D eigenvalue weighted by atomic mass is 32.2. The summed E-state index contributed by atoms with van der Waals surface area (Å²) < 4.78 is 22.0.